The molecule has 3 nitrogen and oxygen atoms in total. The van der Waals surface area contributed by atoms with Crippen LogP contribution in [0.1, 0.15) is 49.4 Å². The highest BCUT2D eigenvalue weighted by Gasteiger charge is 2.03. The van der Waals surface area contributed by atoms with Crippen molar-refractivity contribution < 1.29 is 14.6 Å². The SMILES string of the molecule is CCCCCCCOc1ccc(C=O)cc1O. The first-order valence-electron chi connectivity index (χ1n) is 6.19. The van der Waals surface area contributed by atoms with E-state index in [0.717, 1.165) is 12.8 Å². The molecule has 3 heteroatoms. The van der Waals surface area contributed by atoms with Crippen molar-refractivity contribution in [3.63, 3.8) is 0 Å². The van der Waals surface area contributed by atoms with Gasteiger partial charge in [-0.25, -0.2) is 0 Å². The predicted octanol–water partition coefficient (Wildman–Crippen LogP) is 3.55. The second kappa shape index (κ2) is 7.71. The van der Waals surface area contributed by atoms with E-state index in [1.165, 1.54) is 25.3 Å². The number of aromatic hydroxyl groups is 1. The molecule has 0 aromatic heterocycles. The van der Waals surface area contributed by atoms with Crippen LogP contribution in [0, 0.1) is 0 Å². The summed E-state index contributed by atoms with van der Waals surface area (Å²) in [6, 6.07) is 4.68. The molecule has 0 fully saturated rings. The van der Waals surface area contributed by atoms with Crippen LogP contribution in [0.3, 0.4) is 0 Å². The molecule has 1 rings (SSSR count). The monoisotopic (exact) mass is 236 g/mol. The molecule has 1 aromatic carbocycles. The van der Waals surface area contributed by atoms with Crippen molar-refractivity contribution in [3.8, 4) is 11.5 Å². The van der Waals surface area contributed by atoms with Crippen LogP contribution in [0.15, 0.2) is 18.2 Å². The van der Waals surface area contributed by atoms with Crippen LogP contribution in [0.25, 0.3) is 0 Å². The number of phenols is 1. The van der Waals surface area contributed by atoms with Gasteiger partial charge in [0, 0.05) is 5.56 Å². The third-order valence-corrected chi connectivity index (χ3v) is 2.62. The minimum Gasteiger partial charge on any atom is -0.504 e. The summed E-state index contributed by atoms with van der Waals surface area (Å²) in [7, 11) is 0. The molecule has 0 atom stereocenters. The normalized spacial score (nSPS) is 10.2. The first-order chi connectivity index (χ1) is 8.27. The van der Waals surface area contributed by atoms with Crippen LogP contribution in [-0.2, 0) is 0 Å². The molecule has 1 N–H and O–H groups in total. The summed E-state index contributed by atoms with van der Waals surface area (Å²) in [6.07, 6.45) is 6.58. The van der Waals surface area contributed by atoms with E-state index in [1.807, 2.05) is 0 Å². The number of rotatable bonds is 8. The Hall–Kier alpha value is -1.51. The maximum Gasteiger partial charge on any atom is 0.160 e. The summed E-state index contributed by atoms with van der Waals surface area (Å²) in [6.45, 7) is 2.79. The van der Waals surface area contributed by atoms with Crippen LogP contribution in [0.4, 0.5) is 0 Å². The summed E-state index contributed by atoms with van der Waals surface area (Å²) < 4.78 is 5.45. The Labute approximate surface area is 102 Å². The van der Waals surface area contributed by atoms with Crippen molar-refractivity contribution in [2.45, 2.75) is 39.0 Å². The number of carbonyl (C=O) groups excluding carboxylic acids is 1. The van der Waals surface area contributed by atoms with Crippen molar-refractivity contribution in [1.82, 2.24) is 0 Å². The van der Waals surface area contributed by atoms with E-state index in [-0.39, 0.29) is 5.75 Å². The Morgan fingerprint density at radius 1 is 1.24 bits per heavy atom. The number of hydrogen-bond donors (Lipinski definition) is 1. The van der Waals surface area contributed by atoms with Gasteiger partial charge in [-0.1, -0.05) is 32.6 Å². The molecule has 1 aromatic rings. The third kappa shape index (κ3) is 4.89. The van der Waals surface area contributed by atoms with Crippen LogP contribution in [0.2, 0.25) is 0 Å². The summed E-state index contributed by atoms with van der Waals surface area (Å²) in [4.78, 5) is 10.5. The van der Waals surface area contributed by atoms with Crippen molar-refractivity contribution in [3.05, 3.63) is 23.8 Å². The topological polar surface area (TPSA) is 46.5 Å². The highest BCUT2D eigenvalue weighted by molar-refractivity contribution is 5.76. The number of ether oxygens (including phenoxy) is 1. The molecule has 94 valence electrons. The second-order valence-electron chi connectivity index (χ2n) is 4.11. The van der Waals surface area contributed by atoms with Crippen LogP contribution < -0.4 is 4.74 Å². The van der Waals surface area contributed by atoms with Crippen LogP contribution >= 0.6 is 0 Å². The molecular weight excluding hydrogens is 216 g/mol. The van der Waals surface area contributed by atoms with Crippen molar-refractivity contribution in [2.75, 3.05) is 6.61 Å². The van der Waals surface area contributed by atoms with Gasteiger partial charge in [-0.2, -0.15) is 0 Å². The van der Waals surface area contributed by atoms with Gasteiger partial charge >= 0.3 is 0 Å². The number of aldehydes is 1. The molecule has 0 amide bonds. The molecule has 0 aliphatic rings. The lowest BCUT2D eigenvalue weighted by molar-refractivity contribution is 0.112. The Kier molecular flexibility index (Phi) is 6.15. The van der Waals surface area contributed by atoms with Gasteiger partial charge in [-0.3, -0.25) is 4.79 Å². The Morgan fingerprint density at radius 2 is 2.00 bits per heavy atom. The Bertz CT molecular complexity index is 347. The largest absolute Gasteiger partial charge is 0.504 e. The van der Waals surface area contributed by atoms with E-state index in [4.69, 9.17) is 4.74 Å². The van der Waals surface area contributed by atoms with Gasteiger partial charge in [0.05, 0.1) is 6.61 Å². The minimum absolute atomic E-state index is 0.0307. The minimum atomic E-state index is 0.0307. The second-order valence-corrected chi connectivity index (χ2v) is 4.11. The molecule has 0 bridgehead atoms. The van der Waals surface area contributed by atoms with Gasteiger partial charge in [-0.05, 0) is 24.6 Å². The predicted molar refractivity (Wildman–Crippen MR) is 67.7 cm³/mol. The molecule has 0 heterocycles. The smallest absolute Gasteiger partial charge is 0.160 e. The first kappa shape index (κ1) is 13.6. The van der Waals surface area contributed by atoms with Crippen molar-refractivity contribution in [1.29, 1.82) is 0 Å². The fourth-order valence-electron chi connectivity index (χ4n) is 1.62. The zero-order chi connectivity index (χ0) is 12.5. The van der Waals surface area contributed by atoms with Gasteiger partial charge in [0.25, 0.3) is 0 Å². The van der Waals surface area contributed by atoms with E-state index in [9.17, 15) is 9.90 Å². The average molecular weight is 236 g/mol. The van der Waals surface area contributed by atoms with Gasteiger partial charge in [0.15, 0.2) is 11.5 Å². The standard InChI is InChI=1S/C14H20O3/c1-2-3-4-5-6-9-17-14-8-7-12(11-15)10-13(14)16/h7-8,10-11,16H,2-6,9H2,1H3. The number of phenolic OH excluding ortho intramolecular Hbond substituents is 1. The number of hydrogen-bond acceptors (Lipinski definition) is 3. The highest BCUT2D eigenvalue weighted by Crippen LogP contribution is 2.26. The number of unbranched alkanes of at least 4 members (excludes halogenated alkanes) is 4. The summed E-state index contributed by atoms with van der Waals surface area (Å²) >= 11 is 0. The highest BCUT2D eigenvalue weighted by atomic mass is 16.5. The lowest BCUT2D eigenvalue weighted by Crippen LogP contribution is -1.97. The summed E-state index contributed by atoms with van der Waals surface area (Å²) in [5.74, 6) is 0.481. The third-order valence-electron chi connectivity index (χ3n) is 2.62. The fourth-order valence-corrected chi connectivity index (χ4v) is 1.62. The zero-order valence-corrected chi connectivity index (χ0v) is 10.3. The van der Waals surface area contributed by atoms with E-state index in [0.29, 0.717) is 24.2 Å². The molecular formula is C14H20O3. The quantitative estimate of drug-likeness (QED) is 0.554. The molecule has 17 heavy (non-hydrogen) atoms. The van der Waals surface area contributed by atoms with Crippen LogP contribution in [0.5, 0.6) is 11.5 Å². The van der Waals surface area contributed by atoms with Gasteiger partial charge < -0.3 is 9.84 Å². The molecule has 0 unspecified atom stereocenters. The molecule has 0 spiro atoms. The first-order valence-corrected chi connectivity index (χ1v) is 6.19. The van der Waals surface area contributed by atoms with Gasteiger partial charge in [0.2, 0.25) is 0 Å². The van der Waals surface area contributed by atoms with E-state index < -0.39 is 0 Å². The van der Waals surface area contributed by atoms with E-state index in [2.05, 4.69) is 6.92 Å². The number of carbonyl (C=O) groups is 1. The number of benzene rings is 1. The maximum absolute atomic E-state index is 10.5. The maximum atomic E-state index is 10.5. The van der Waals surface area contributed by atoms with Crippen molar-refractivity contribution in [2.24, 2.45) is 0 Å². The molecule has 0 aliphatic carbocycles. The van der Waals surface area contributed by atoms with Crippen molar-refractivity contribution >= 4 is 6.29 Å². The molecule has 0 saturated carbocycles. The van der Waals surface area contributed by atoms with Crippen LogP contribution in [-0.4, -0.2) is 18.0 Å². The molecule has 0 saturated heterocycles. The average Bonchev–Trinajstić information content (AvgIpc) is 2.35. The Balaban J connectivity index is 2.29. The zero-order valence-electron chi connectivity index (χ0n) is 10.3. The van der Waals surface area contributed by atoms with Gasteiger partial charge in [0.1, 0.15) is 6.29 Å². The van der Waals surface area contributed by atoms with E-state index >= 15 is 0 Å². The summed E-state index contributed by atoms with van der Waals surface area (Å²) in [5, 5.41) is 9.58. The molecule has 0 aliphatic heterocycles. The summed E-state index contributed by atoms with van der Waals surface area (Å²) in [5.41, 5.74) is 0.456. The van der Waals surface area contributed by atoms with Gasteiger partial charge in [-0.15, -0.1) is 0 Å². The molecule has 0 radical (unpaired) electrons. The lowest BCUT2D eigenvalue weighted by atomic mass is 10.2. The fraction of sp³-hybridized carbons (Fsp3) is 0.500. The van der Waals surface area contributed by atoms with E-state index in [1.54, 1.807) is 12.1 Å². The Morgan fingerprint density at radius 3 is 2.65 bits per heavy atom. The lowest BCUT2D eigenvalue weighted by Gasteiger charge is -2.08.